The highest BCUT2D eigenvalue weighted by molar-refractivity contribution is 5.75. The fourth-order valence-corrected chi connectivity index (χ4v) is 0. The van der Waals surface area contributed by atoms with Gasteiger partial charge >= 0.3 is 0 Å². The van der Waals surface area contributed by atoms with Crippen LogP contribution >= 0.6 is 0 Å². The van der Waals surface area contributed by atoms with E-state index in [2.05, 4.69) is 6.58 Å². The summed E-state index contributed by atoms with van der Waals surface area (Å²) in [4.78, 5) is 0. The van der Waals surface area contributed by atoms with Gasteiger partial charge < -0.3 is 0 Å². The van der Waals surface area contributed by atoms with Crippen molar-refractivity contribution in [1.29, 1.82) is 0 Å². The lowest BCUT2D eigenvalue weighted by molar-refractivity contribution is 0.232. The highest BCUT2D eigenvalue weighted by Gasteiger charge is 1.49. The average Bonchev–Trinajstić information content (AvgIpc) is 1.37. The zero-order valence-corrected chi connectivity index (χ0v) is 2.40. The summed E-state index contributed by atoms with van der Waals surface area (Å²) in [7, 11) is 0. The monoisotopic (exact) mass is 89.0 g/mol. The van der Waals surface area contributed by atoms with Gasteiger partial charge in [-0.1, -0.05) is 6.08 Å². The van der Waals surface area contributed by atoms with Gasteiger partial charge in [-0.15, -0.1) is 6.58 Å². The van der Waals surface area contributed by atoms with E-state index in [-0.39, 0.29) is 17.6 Å². The summed E-state index contributed by atoms with van der Waals surface area (Å²) < 4.78 is 0. The van der Waals surface area contributed by atoms with Crippen molar-refractivity contribution in [2.24, 2.45) is 0 Å². The zero-order chi connectivity index (χ0) is 3.41. The second-order valence-electron chi connectivity index (χ2n) is 0.455. The normalized spacial score (nSPS) is 5.00. The molecule has 0 atom stereocenters. The van der Waals surface area contributed by atoms with Crippen LogP contribution in [0.2, 0.25) is 0 Å². The average molecular weight is 89.2 g/mol. The lowest BCUT2D eigenvalue weighted by Gasteiger charge is -1.54. The van der Waals surface area contributed by atoms with Gasteiger partial charge in [-0.2, -0.15) is 0 Å². The van der Waals surface area contributed by atoms with Crippen LogP contribution in [0.5, 0.6) is 0 Å². The second-order valence-corrected chi connectivity index (χ2v) is 0.455. The van der Waals surface area contributed by atoms with Crippen LogP contribution in [0.3, 0.4) is 0 Å². The van der Waals surface area contributed by atoms with E-state index in [1.54, 1.807) is 0 Å². The SMILES string of the molecule is C=CC[O].[SiH4]. The summed E-state index contributed by atoms with van der Waals surface area (Å²) in [5, 5.41) is 9.18. The Morgan fingerprint density at radius 1 is 1.80 bits per heavy atom. The van der Waals surface area contributed by atoms with Crippen molar-refractivity contribution in [3.05, 3.63) is 12.7 Å². The lowest BCUT2D eigenvalue weighted by Crippen LogP contribution is -1.58. The Morgan fingerprint density at radius 2 is 2.00 bits per heavy atom. The molecule has 0 bridgehead atoms. The third-order valence-corrected chi connectivity index (χ3v) is 0.118. The van der Waals surface area contributed by atoms with E-state index in [1.165, 1.54) is 6.08 Å². The molecule has 1 nitrogen and oxygen atoms in total. The molecule has 0 unspecified atom stereocenters. The lowest BCUT2D eigenvalue weighted by atomic mass is 10.7. The van der Waals surface area contributed by atoms with Crippen LogP contribution in [-0.4, -0.2) is 17.6 Å². The largest absolute Gasteiger partial charge is 0.232 e. The molecule has 0 saturated carbocycles. The van der Waals surface area contributed by atoms with E-state index in [0.29, 0.717) is 0 Å². The standard InChI is InChI=1S/C3H5O.H4Si/c1-2-3-4;/h2H,1,3H2;1H4. The molecule has 0 amide bonds. The van der Waals surface area contributed by atoms with E-state index in [0.717, 1.165) is 0 Å². The first kappa shape index (κ1) is 8.87. The molecule has 0 aliphatic carbocycles. The molecule has 1 radical (unpaired) electrons. The van der Waals surface area contributed by atoms with Crippen molar-refractivity contribution in [3.8, 4) is 0 Å². The molecule has 0 spiro atoms. The molecule has 5 heavy (non-hydrogen) atoms. The molecule has 0 aliphatic heterocycles. The van der Waals surface area contributed by atoms with Gasteiger partial charge in [0.15, 0.2) is 0 Å². The molecule has 0 aromatic heterocycles. The van der Waals surface area contributed by atoms with Crippen molar-refractivity contribution in [3.63, 3.8) is 0 Å². The maximum atomic E-state index is 9.18. The molecular formula is C3H9OSi. The van der Waals surface area contributed by atoms with Gasteiger partial charge in [0.05, 0.1) is 0 Å². The predicted octanol–water partition coefficient (Wildman–Crippen LogP) is -0.849. The van der Waals surface area contributed by atoms with Gasteiger partial charge in [0.25, 0.3) is 0 Å². The Morgan fingerprint density at radius 3 is 2.00 bits per heavy atom. The number of hydrogen-bond acceptors (Lipinski definition) is 0. The molecule has 0 aromatic carbocycles. The summed E-state index contributed by atoms with van der Waals surface area (Å²) >= 11 is 0. The number of hydrogen-bond donors (Lipinski definition) is 0. The van der Waals surface area contributed by atoms with Gasteiger partial charge in [-0.25, -0.2) is 5.11 Å². The van der Waals surface area contributed by atoms with Crippen LogP contribution in [0.25, 0.3) is 0 Å². The molecule has 0 heterocycles. The minimum atomic E-state index is -0.167. The second kappa shape index (κ2) is 9.07. The Kier molecular flexibility index (Phi) is 16.1. The molecule has 0 N–H and O–H groups in total. The maximum absolute atomic E-state index is 9.18. The molecule has 2 heteroatoms. The minimum Gasteiger partial charge on any atom is -0.232 e. The molecular weight excluding hydrogens is 80.1 g/mol. The van der Waals surface area contributed by atoms with Gasteiger partial charge in [0.2, 0.25) is 0 Å². The Balaban J connectivity index is 0. The van der Waals surface area contributed by atoms with Gasteiger partial charge in [-0.3, -0.25) is 0 Å². The molecule has 0 aliphatic rings. The highest BCUT2D eigenvalue weighted by atomic mass is 28.1. The van der Waals surface area contributed by atoms with Crippen LogP contribution in [0.15, 0.2) is 12.7 Å². The van der Waals surface area contributed by atoms with E-state index in [1.807, 2.05) is 0 Å². The van der Waals surface area contributed by atoms with Crippen LogP contribution in [0.1, 0.15) is 0 Å². The summed E-state index contributed by atoms with van der Waals surface area (Å²) in [6, 6.07) is 0. The predicted molar refractivity (Wildman–Crippen MR) is 27.1 cm³/mol. The topological polar surface area (TPSA) is 19.9 Å². The van der Waals surface area contributed by atoms with Crippen molar-refractivity contribution in [2.45, 2.75) is 0 Å². The Bertz CT molecular complexity index is 20.9. The van der Waals surface area contributed by atoms with E-state index >= 15 is 0 Å². The smallest absolute Gasteiger partial charge is 0.100 e. The molecule has 31 valence electrons. The maximum Gasteiger partial charge on any atom is 0.100 e. The summed E-state index contributed by atoms with van der Waals surface area (Å²) in [5.74, 6) is 0. The van der Waals surface area contributed by atoms with Crippen molar-refractivity contribution < 1.29 is 5.11 Å². The van der Waals surface area contributed by atoms with E-state index in [4.69, 9.17) is 0 Å². The first-order valence-electron chi connectivity index (χ1n) is 1.11. The number of rotatable bonds is 1. The summed E-state index contributed by atoms with van der Waals surface area (Å²) in [6.07, 6.45) is 1.32. The van der Waals surface area contributed by atoms with Crippen LogP contribution in [0.4, 0.5) is 0 Å². The van der Waals surface area contributed by atoms with Crippen LogP contribution < -0.4 is 0 Å². The third kappa shape index (κ3) is 17.1. The van der Waals surface area contributed by atoms with Crippen LogP contribution in [-0.2, 0) is 5.11 Å². The first-order valence-corrected chi connectivity index (χ1v) is 1.11. The van der Waals surface area contributed by atoms with Crippen molar-refractivity contribution in [1.82, 2.24) is 0 Å². The fraction of sp³-hybridized carbons (Fsp3) is 0.333. The zero-order valence-electron chi connectivity index (χ0n) is 2.40. The van der Waals surface area contributed by atoms with Gasteiger partial charge in [0.1, 0.15) is 6.61 Å². The summed E-state index contributed by atoms with van der Waals surface area (Å²) in [6.45, 7) is 3.00. The summed E-state index contributed by atoms with van der Waals surface area (Å²) in [5.41, 5.74) is 0. The molecule has 0 rings (SSSR count). The van der Waals surface area contributed by atoms with Crippen LogP contribution in [0, 0.1) is 0 Å². The Hall–Kier alpha value is -0.0831. The Labute approximate surface area is 36.3 Å². The highest BCUT2D eigenvalue weighted by Crippen LogP contribution is 1.48. The van der Waals surface area contributed by atoms with Gasteiger partial charge in [-0.05, 0) is 11.0 Å². The van der Waals surface area contributed by atoms with Crippen molar-refractivity contribution in [2.75, 3.05) is 6.61 Å². The molecule has 0 fully saturated rings. The van der Waals surface area contributed by atoms with Crippen molar-refractivity contribution >= 4 is 11.0 Å². The third-order valence-electron chi connectivity index (χ3n) is 0.118. The fourth-order valence-electron chi connectivity index (χ4n) is 0. The van der Waals surface area contributed by atoms with E-state index in [9.17, 15) is 5.11 Å². The molecule has 0 saturated heterocycles. The van der Waals surface area contributed by atoms with Gasteiger partial charge in [0, 0.05) is 0 Å². The quantitative estimate of drug-likeness (QED) is 0.295. The molecule has 0 aromatic rings. The van der Waals surface area contributed by atoms with E-state index < -0.39 is 0 Å². The minimum absolute atomic E-state index is 0. The first-order chi connectivity index (χ1) is 1.91.